The van der Waals surface area contributed by atoms with Gasteiger partial charge in [0.2, 0.25) is 0 Å². The van der Waals surface area contributed by atoms with Gasteiger partial charge in [0.25, 0.3) is 0 Å². The minimum Gasteiger partial charge on any atom is -0.493 e. The van der Waals surface area contributed by atoms with E-state index in [1.807, 2.05) is 56.3 Å². The third kappa shape index (κ3) is 4.57. The molecule has 2 rings (SSSR count). The second-order valence-corrected chi connectivity index (χ2v) is 5.45. The summed E-state index contributed by atoms with van der Waals surface area (Å²) in [4.78, 5) is 0. The molecule has 21 heavy (non-hydrogen) atoms. The molecule has 2 aromatic rings. The summed E-state index contributed by atoms with van der Waals surface area (Å²) in [6, 6.07) is 13.6. The van der Waals surface area contributed by atoms with Crippen LogP contribution >= 0.6 is 11.6 Å². The molecule has 0 aromatic heterocycles. The molecular weight excluding hydrogens is 286 g/mol. The fraction of sp³-hybridized carbons (Fsp3) is 0.294. The highest BCUT2D eigenvalue weighted by Gasteiger charge is 2.07. The normalized spacial score (nSPS) is 10.5. The van der Waals surface area contributed by atoms with E-state index >= 15 is 0 Å². The first-order valence-electron chi connectivity index (χ1n) is 6.91. The van der Waals surface area contributed by atoms with E-state index in [2.05, 4.69) is 5.32 Å². The van der Waals surface area contributed by atoms with Gasteiger partial charge in [0.05, 0.1) is 13.2 Å². The SMILES string of the molecule is COc1ccc(CNc2ccc(Cl)cc2)cc1OC(C)C. The van der Waals surface area contributed by atoms with E-state index in [4.69, 9.17) is 21.1 Å². The van der Waals surface area contributed by atoms with Crippen molar-refractivity contribution in [1.82, 2.24) is 0 Å². The molecule has 2 aromatic carbocycles. The highest BCUT2D eigenvalue weighted by molar-refractivity contribution is 6.30. The standard InChI is InChI=1S/C17H20ClNO2/c1-12(2)21-17-10-13(4-9-16(17)20-3)11-19-15-7-5-14(18)6-8-15/h4-10,12,19H,11H2,1-3H3. The first-order valence-corrected chi connectivity index (χ1v) is 7.29. The number of rotatable bonds is 6. The zero-order valence-electron chi connectivity index (χ0n) is 12.5. The number of anilines is 1. The van der Waals surface area contributed by atoms with Gasteiger partial charge in [0, 0.05) is 17.3 Å². The van der Waals surface area contributed by atoms with Crippen LogP contribution in [-0.2, 0) is 6.54 Å². The number of hydrogen-bond donors (Lipinski definition) is 1. The quantitative estimate of drug-likeness (QED) is 0.835. The molecule has 0 aliphatic heterocycles. The van der Waals surface area contributed by atoms with Crippen molar-refractivity contribution in [3.63, 3.8) is 0 Å². The Bertz CT molecular complexity index is 582. The van der Waals surface area contributed by atoms with Crippen molar-refractivity contribution < 1.29 is 9.47 Å². The summed E-state index contributed by atoms with van der Waals surface area (Å²) in [5.74, 6) is 1.52. The molecular formula is C17H20ClNO2. The van der Waals surface area contributed by atoms with Gasteiger partial charge in [-0.25, -0.2) is 0 Å². The van der Waals surface area contributed by atoms with E-state index < -0.39 is 0 Å². The molecule has 0 bridgehead atoms. The molecule has 3 nitrogen and oxygen atoms in total. The lowest BCUT2D eigenvalue weighted by molar-refractivity contribution is 0.230. The number of ether oxygens (including phenoxy) is 2. The van der Waals surface area contributed by atoms with Gasteiger partial charge in [-0.05, 0) is 55.8 Å². The number of nitrogens with one attached hydrogen (secondary N) is 1. The van der Waals surface area contributed by atoms with Gasteiger partial charge in [-0.15, -0.1) is 0 Å². The lowest BCUT2D eigenvalue weighted by Gasteiger charge is -2.15. The van der Waals surface area contributed by atoms with E-state index in [1.54, 1.807) is 7.11 Å². The molecule has 112 valence electrons. The summed E-state index contributed by atoms with van der Waals surface area (Å²) in [6.07, 6.45) is 0.110. The molecule has 0 aliphatic rings. The molecule has 0 heterocycles. The van der Waals surface area contributed by atoms with Gasteiger partial charge in [0.15, 0.2) is 11.5 Å². The second-order valence-electron chi connectivity index (χ2n) is 5.01. The van der Waals surface area contributed by atoms with Gasteiger partial charge in [-0.2, -0.15) is 0 Å². The van der Waals surface area contributed by atoms with Crippen molar-refractivity contribution in [1.29, 1.82) is 0 Å². The average molecular weight is 306 g/mol. The van der Waals surface area contributed by atoms with Crippen molar-refractivity contribution in [2.24, 2.45) is 0 Å². The summed E-state index contributed by atoms with van der Waals surface area (Å²) >= 11 is 5.87. The van der Waals surface area contributed by atoms with Crippen LogP contribution < -0.4 is 14.8 Å². The third-order valence-corrected chi connectivity index (χ3v) is 3.18. The third-order valence-electron chi connectivity index (χ3n) is 2.93. The maximum absolute atomic E-state index is 5.87. The van der Waals surface area contributed by atoms with Crippen LogP contribution in [0.1, 0.15) is 19.4 Å². The van der Waals surface area contributed by atoms with Crippen LogP contribution in [0.25, 0.3) is 0 Å². The van der Waals surface area contributed by atoms with Crippen LogP contribution in [-0.4, -0.2) is 13.2 Å². The Morgan fingerprint density at radius 2 is 1.76 bits per heavy atom. The Hall–Kier alpha value is -1.87. The zero-order chi connectivity index (χ0) is 15.2. The van der Waals surface area contributed by atoms with Crippen LogP contribution in [0.3, 0.4) is 0 Å². The van der Waals surface area contributed by atoms with Crippen LogP contribution in [0.5, 0.6) is 11.5 Å². The Kier molecular flexibility index (Phi) is 5.34. The topological polar surface area (TPSA) is 30.5 Å². The first kappa shape index (κ1) is 15.5. The molecule has 0 radical (unpaired) electrons. The fourth-order valence-electron chi connectivity index (χ4n) is 1.95. The summed E-state index contributed by atoms with van der Waals surface area (Å²) in [5, 5.41) is 4.09. The Labute approximate surface area is 130 Å². The maximum atomic E-state index is 5.87. The van der Waals surface area contributed by atoms with Crippen LogP contribution in [0.4, 0.5) is 5.69 Å². The number of hydrogen-bond acceptors (Lipinski definition) is 3. The van der Waals surface area contributed by atoms with Crippen molar-refractivity contribution in [3.05, 3.63) is 53.1 Å². The van der Waals surface area contributed by atoms with Crippen molar-refractivity contribution in [3.8, 4) is 11.5 Å². The molecule has 0 saturated carbocycles. The van der Waals surface area contributed by atoms with Crippen molar-refractivity contribution in [2.45, 2.75) is 26.5 Å². The van der Waals surface area contributed by atoms with E-state index in [0.29, 0.717) is 6.54 Å². The number of benzene rings is 2. The Balaban J connectivity index is 2.07. The summed E-state index contributed by atoms with van der Waals surface area (Å²) in [7, 11) is 1.65. The lowest BCUT2D eigenvalue weighted by Crippen LogP contribution is -2.07. The molecule has 0 unspecified atom stereocenters. The molecule has 0 fully saturated rings. The van der Waals surface area contributed by atoms with Crippen molar-refractivity contribution in [2.75, 3.05) is 12.4 Å². The summed E-state index contributed by atoms with van der Waals surface area (Å²) in [5.41, 5.74) is 2.16. The average Bonchev–Trinajstić information content (AvgIpc) is 2.46. The van der Waals surface area contributed by atoms with Crippen LogP contribution in [0.2, 0.25) is 5.02 Å². The van der Waals surface area contributed by atoms with E-state index in [-0.39, 0.29) is 6.10 Å². The Morgan fingerprint density at radius 1 is 1.05 bits per heavy atom. The minimum atomic E-state index is 0.110. The fourth-order valence-corrected chi connectivity index (χ4v) is 2.07. The van der Waals surface area contributed by atoms with Gasteiger partial charge in [-0.1, -0.05) is 17.7 Å². The van der Waals surface area contributed by atoms with Gasteiger partial charge < -0.3 is 14.8 Å². The Morgan fingerprint density at radius 3 is 2.38 bits per heavy atom. The van der Waals surface area contributed by atoms with Gasteiger partial charge in [-0.3, -0.25) is 0 Å². The van der Waals surface area contributed by atoms with Crippen LogP contribution in [0, 0.1) is 0 Å². The smallest absolute Gasteiger partial charge is 0.161 e. The lowest BCUT2D eigenvalue weighted by atomic mass is 10.2. The summed E-state index contributed by atoms with van der Waals surface area (Å²) < 4.78 is 11.1. The van der Waals surface area contributed by atoms with E-state index in [1.165, 1.54) is 0 Å². The molecule has 0 aliphatic carbocycles. The maximum Gasteiger partial charge on any atom is 0.161 e. The number of methoxy groups -OCH3 is 1. The molecule has 0 saturated heterocycles. The second kappa shape index (κ2) is 7.23. The first-order chi connectivity index (χ1) is 10.1. The molecule has 1 N–H and O–H groups in total. The predicted molar refractivity (Wildman–Crippen MR) is 87.5 cm³/mol. The summed E-state index contributed by atoms with van der Waals surface area (Å²) in [6.45, 7) is 4.70. The van der Waals surface area contributed by atoms with Gasteiger partial charge >= 0.3 is 0 Å². The largest absolute Gasteiger partial charge is 0.493 e. The monoisotopic (exact) mass is 305 g/mol. The molecule has 0 atom stereocenters. The molecule has 4 heteroatoms. The zero-order valence-corrected chi connectivity index (χ0v) is 13.3. The van der Waals surface area contributed by atoms with E-state index in [9.17, 15) is 0 Å². The van der Waals surface area contributed by atoms with Crippen LogP contribution in [0.15, 0.2) is 42.5 Å². The van der Waals surface area contributed by atoms with Gasteiger partial charge in [0.1, 0.15) is 0 Å². The molecule has 0 amide bonds. The highest BCUT2D eigenvalue weighted by Crippen LogP contribution is 2.29. The van der Waals surface area contributed by atoms with Crippen molar-refractivity contribution >= 4 is 17.3 Å². The predicted octanol–water partition coefficient (Wildman–Crippen LogP) is 4.75. The number of halogens is 1. The molecule has 0 spiro atoms. The highest BCUT2D eigenvalue weighted by atomic mass is 35.5. The minimum absolute atomic E-state index is 0.110. The van der Waals surface area contributed by atoms with E-state index in [0.717, 1.165) is 27.8 Å².